The first-order chi connectivity index (χ1) is 10.3. The molecule has 3 rings (SSSR count). The van der Waals surface area contributed by atoms with E-state index < -0.39 is 0 Å². The molecule has 1 aliphatic heterocycles. The first-order valence-electron chi connectivity index (χ1n) is 8.64. The van der Waals surface area contributed by atoms with Gasteiger partial charge in [-0.15, -0.1) is 0 Å². The van der Waals surface area contributed by atoms with Crippen molar-refractivity contribution in [3.05, 3.63) is 11.9 Å². The Labute approximate surface area is 128 Å². The molecule has 0 spiro atoms. The molecule has 0 amide bonds. The summed E-state index contributed by atoms with van der Waals surface area (Å²) in [6.45, 7) is 6.31. The Morgan fingerprint density at radius 3 is 2.76 bits per heavy atom. The van der Waals surface area contributed by atoms with Gasteiger partial charge in [0, 0.05) is 25.2 Å². The molecule has 2 fully saturated rings. The maximum absolute atomic E-state index is 4.72. The number of anilines is 2. The van der Waals surface area contributed by atoms with E-state index in [1.54, 1.807) is 0 Å². The van der Waals surface area contributed by atoms with Crippen LogP contribution in [0.5, 0.6) is 0 Å². The van der Waals surface area contributed by atoms with Gasteiger partial charge in [0.15, 0.2) is 0 Å². The SMILES string of the molecule is CCCNc1cc(N2CCCC2C2CCCC2)nc(C)n1. The second kappa shape index (κ2) is 6.63. The molecule has 1 aliphatic carbocycles. The van der Waals surface area contributed by atoms with Crippen LogP contribution >= 0.6 is 0 Å². The van der Waals surface area contributed by atoms with Gasteiger partial charge in [-0.3, -0.25) is 0 Å². The maximum Gasteiger partial charge on any atom is 0.134 e. The molecule has 0 radical (unpaired) electrons. The van der Waals surface area contributed by atoms with Gasteiger partial charge < -0.3 is 10.2 Å². The van der Waals surface area contributed by atoms with E-state index in [0.717, 1.165) is 42.9 Å². The summed E-state index contributed by atoms with van der Waals surface area (Å²) < 4.78 is 0. The molecule has 1 N–H and O–H groups in total. The number of nitrogens with one attached hydrogen (secondary N) is 1. The van der Waals surface area contributed by atoms with Gasteiger partial charge in [-0.2, -0.15) is 0 Å². The third-order valence-electron chi connectivity index (χ3n) is 4.92. The predicted octanol–water partition coefficient (Wildman–Crippen LogP) is 3.77. The lowest BCUT2D eigenvalue weighted by atomic mass is 9.96. The van der Waals surface area contributed by atoms with E-state index >= 15 is 0 Å². The molecule has 1 saturated heterocycles. The van der Waals surface area contributed by atoms with Crippen molar-refractivity contribution in [3.63, 3.8) is 0 Å². The number of hydrogen-bond donors (Lipinski definition) is 1. The fraction of sp³-hybridized carbons (Fsp3) is 0.765. The van der Waals surface area contributed by atoms with Crippen LogP contribution < -0.4 is 10.2 Å². The van der Waals surface area contributed by atoms with Crippen LogP contribution in [-0.2, 0) is 0 Å². The Morgan fingerprint density at radius 2 is 2.00 bits per heavy atom. The zero-order valence-electron chi connectivity index (χ0n) is 13.4. The summed E-state index contributed by atoms with van der Waals surface area (Å²) in [5.41, 5.74) is 0. The van der Waals surface area contributed by atoms with Crippen molar-refractivity contribution < 1.29 is 0 Å². The topological polar surface area (TPSA) is 41.0 Å². The highest BCUT2D eigenvalue weighted by Gasteiger charge is 2.34. The van der Waals surface area contributed by atoms with Gasteiger partial charge in [0.25, 0.3) is 0 Å². The Hall–Kier alpha value is -1.32. The molecule has 4 nitrogen and oxygen atoms in total. The standard InChI is InChI=1S/C17H28N4/c1-3-10-18-16-12-17(20-13(2)19-16)21-11-6-9-15(21)14-7-4-5-8-14/h12,14-15H,3-11H2,1-2H3,(H,18,19,20). The number of hydrogen-bond acceptors (Lipinski definition) is 4. The van der Waals surface area contributed by atoms with E-state index in [9.17, 15) is 0 Å². The van der Waals surface area contributed by atoms with Crippen LogP contribution in [0.4, 0.5) is 11.6 Å². The van der Waals surface area contributed by atoms with Crippen molar-refractivity contribution >= 4 is 11.6 Å². The van der Waals surface area contributed by atoms with Crippen LogP contribution in [0.1, 0.15) is 57.7 Å². The van der Waals surface area contributed by atoms with Crippen molar-refractivity contribution in [2.45, 2.75) is 64.8 Å². The van der Waals surface area contributed by atoms with Gasteiger partial charge in [0.2, 0.25) is 0 Å². The molecule has 0 bridgehead atoms. The molecule has 1 aromatic heterocycles. The van der Waals surface area contributed by atoms with E-state index in [1.165, 1.54) is 38.5 Å². The largest absolute Gasteiger partial charge is 0.370 e. The quantitative estimate of drug-likeness (QED) is 0.895. The third kappa shape index (κ3) is 3.30. The summed E-state index contributed by atoms with van der Waals surface area (Å²) in [6.07, 6.45) is 9.42. The van der Waals surface area contributed by atoms with E-state index in [-0.39, 0.29) is 0 Å². The van der Waals surface area contributed by atoms with E-state index in [4.69, 9.17) is 4.98 Å². The fourth-order valence-electron chi connectivity index (χ4n) is 3.95. The van der Waals surface area contributed by atoms with Crippen LogP contribution in [0.3, 0.4) is 0 Å². The molecule has 2 heterocycles. The van der Waals surface area contributed by atoms with Crippen LogP contribution in [0.25, 0.3) is 0 Å². The van der Waals surface area contributed by atoms with Crippen LogP contribution in [-0.4, -0.2) is 29.1 Å². The molecule has 1 aromatic rings. The molecule has 0 aromatic carbocycles. The summed E-state index contributed by atoms with van der Waals surface area (Å²) in [6, 6.07) is 2.86. The van der Waals surface area contributed by atoms with Crippen molar-refractivity contribution in [2.75, 3.05) is 23.3 Å². The zero-order valence-corrected chi connectivity index (χ0v) is 13.4. The van der Waals surface area contributed by atoms with Gasteiger partial charge in [-0.25, -0.2) is 9.97 Å². The monoisotopic (exact) mass is 288 g/mol. The van der Waals surface area contributed by atoms with E-state index in [1.807, 2.05) is 6.92 Å². The van der Waals surface area contributed by atoms with E-state index in [0.29, 0.717) is 6.04 Å². The first-order valence-corrected chi connectivity index (χ1v) is 8.64. The maximum atomic E-state index is 4.72. The van der Waals surface area contributed by atoms with Gasteiger partial charge in [0.05, 0.1) is 0 Å². The molecule has 1 atom stereocenters. The smallest absolute Gasteiger partial charge is 0.134 e. The summed E-state index contributed by atoms with van der Waals surface area (Å²) in [5, 5.41) is 3.41. The summed E-state index contributed by atoms with van der Waals surface area (Å²) >= 11 is 0. The number of aryl methyl sites for hydroxylation is 1. The number of rotatable bonds is 5. The zero-order chi connectivity index (χ0) is 14.7. The van der Waals surface area contributed by atoms with Gasteiger partial charge >= 0.3 is 0 Å². The van der Waals surface area contributed by atoms with Gasteiger partial charge in [-0.05, 0) is 44.9 Å². The van der Waals surface area contributed by atoms with Crippen molar-refractivity contribution in [1.82, 2.24) is 9.97 Å². The average Bonchev–Trinajstić information content (AvgIpc) is 3.14. The Morgan fingerprint density at radius 1 is 1.19 bits per heavy atom. The van der Waals surface area contributed by atoms with Crippen molar-refractivity contribution in [2.24, 2.45) is 5.92 Å². The molecule has 1 unspecified atom stereocenters. The van der Waals surface area contributed by atoms with Crippen LogP contribution in [0.15, 0.2) is 6.07 Å². The van der Waals surface area contributed by atoms with Gasteiger partial charge in [0.1, 0.15) is 17.5 Å². The predicted molar refractivity (Wildman–Crippen MR) is 87.9 cm³/mol. The molecular weight excluding hydrogens is 260 g/mol. The fourth-order valence-corrected chi connectivity index (χ4v) is 3.95. The minimum atomic E-state index is 0.709. The lowest BCUT2D eigenvalue weighted by Crippen LogP contribution is -2.35. The third-order valence-corrected chi connectivity index (χ3v) is 4.92. The highest BCUT2D eigenvalue weighted by Crippen LogP contribution is 2.37. The van der Waals surface area contributed by atoms with Crippen LogP contribution in [0.2, 0.25) is 0 Å². The molecule has 1 saturated carbocycles. The highest BCUT2D eigenvalue weighted by molar-refractivity contribution is 5.51. The van der Waals surface area contributed by atoms with Crippen molar-refractivity contribution in [1.29, 1.82) is 0 Å². The van der Waals surface area contributed by atoms with E-state index in [2.05, 4.69) is 28.2 Å². The Kier molecular flexibility index (Phi) is 4.61. The minimum absolute atomic E-state index is 0.709. The summed E-state index contributed by atoms with van der Waals surface area (Å²) in [5.74, 6) is 3.88. The molecular formula is C17H28N4. The number of aromatic nitrogens is 2. The van der Waals surface area contributed by atoms with Gasteiger partial charge in [-0.1, -0.05) is 19.8 Å². The average molecular weight is 288 g/mol. The highest BCUT2D eigenvalue weighted by atomic mass is 15.2. The second-order valence-corrected chi connectivity index (χ2v) is 6.53. The minimum Gasteiger partial charge on any atom is -0.370 e. The van der Waals surface area contributed by atoms with Crippen molar-refractivity contribution in [3.8, 4) is 0 Å². The molecule has 2 aliphatic rings. The summed E-state index contributed by atoms with van der Waals surface area (Å²) in [4.78, 5) is 11.8. The molecule has 21 heavy (non-hydrogen) atoms. The molecule has 4 heteroatoms. The molecule has 116 valence electrons. The van der Waals surface area contributed by atoms with Crippen LogP contribution in [0, 0.1) is 12.8 Å². The lowest BCUT2D eigenvalue weighted by Gasteiger charge is -2.30. The summed E-state index contributed by atoms with van der Waals surface area (Å²) in [7, 11) is 0. The Balaban J connectivity index is 1.79. The lowest BCUT2D eigenvalue weighted by molar-refractivity contribution is 0.429. The first kappa shape index (κ1) is 14.6. The Bertz CT molecular complexity index is 468. The normalized spacial score (nSPS) is 23.0. The second-order valence-electron chi connectivity index (χ2n) is 6.53. The number of nitrogens with zero attached hydrogens (tertiary/aromatic N) is 3.